The van der Waals surface area contributed by atoms with Crippen LogP contribution in [0.25, 0.3) is 0 Å². The van der Waals surface area contributed by atoms with Gasteiger partial charge in [-0.1, -0.05) is 18.2 Å². The topological polar surface area (TPSA) is 75.4 Å². The number of nitrogens with zero attached hydrogens (tertiary/aromatic N) is 1. The third-order valence-corrected chi connectivity index (χ3v) is 3.76. The van der Waals surface area contributed by atoms with Crippen molar-refractivity contribution >= 4 is 23.2 Å². The highest BCUT2D eigenvalue weighted by Crippen LogP contribution is 2.27. The second-order valence-electron chi connectivity index (χ2n) is 5.23. The maximum atomic E-state index is 12.3. The molecule has 0 fully saturated rings. The van der Waals surface area contributed by atoms with E-state index in [0.29, 0.717) is 17.8 Å². The number of carbonyl (C=O) groups is 2. The van der Waals surface area contributed by atoms with E-state index in [1.807, 2.05) is 24.3 Å². The van der Waals surface area contributed by atoms with Gasteiger partial charge in [0.2, 0.25) is 5.91 Å². The number of nitrogens with two attached hydrogens (primary N) is 1. The van der Waals surface area contributed by atoms with Crippen molar-refractivity contribution in [3.63, 3.8) is 0 Å². The summed E-state index contributed by atoms with van der Waals surface area (Å²) in [5.41, 5.74) is 8.78. The van der Waals surface area contributed by atoms with E-state index in [9.17, 15) is 9.59 Å². The molecule has 2 amide bonds. The monoisotopic (exact) mass is 295 g/mol. The first kappa shape index (κ1) is 14.1. The molecule has 112 valence electrons. The van der Waals surface area contributed by atoms with E-state index in [2.05, 4.69) is 5.32 Å². The number of para-hydroxylation sites is 1. The van der Waals surface area contributed by atoms with Gasteiger partial charge in [0.1, 0.15) is 0 Å². The summed E-state index contributed by atoms with van der Waals surface area (Å²) in [4.78, 5) is 26.0. The molecule has 2 aromatic carbocycles. The molecule has 5 heteroatoms. The van der Waals surface area contributed by atoms with Gasteiger partial charge >= 0.3 is 0 Å². The van der Waals surface area contributed by atoms with Crippen LogP contribution in [0.4, 0.5) is 11.4 Å². The molecular formula is C17H17N3O2. The normalized spacial score (nSPS) is 12.8. The number of hydrogen-bond donors (Lipinski definition) is 2. The van der Waals surface area contributed by atoms with Crippen LogP contribution in [0.15, 0.2) is 48.5 Å². The van der Waals surface area contributed by atoms with Gasteiger partial charge in [-0.2, -0.15) is 0 Å². The highest BCUT2D eigenvalue weighted by Gasteiger charge is 2.24. The Morgan fingerprint density at radius 2 is 1.82 bits per heavy atom. The smallest absolute Gasteiger partial charge is 0.251 e. The van der Waals surface area contributed by atoms with Crippen LogP contribution in [-0.2, 0) is 11.2 Å². The van der Waals surface area contributed by atoms with Crippen LogP contribution in [0.2, 0.25) is 0 Å². The lowest BCUT2D eigenvalue weighted by Gasteiger charge is -2.17. The van der Waals surface area contributed by atoms with E-state index in [0.717, 1.165) is 12.1 Å². The summed E-state index contributed by atoms with van der Waals surface area (Å²) in [6.07, 6.45) is 0.855. The molecule has 3 rings (SSSR count). The Bertz CT molecular complexity index is 710. The SMILES string of the molecule is Nc1ccc(C(=O)NCC(=O)N2CCc3ccccc32)cc1. The first-order valence-electron chi connectivity index (χ1n) is 7.17. The Labute approximate surface area is 128 Å². The number of anilines is 2. The lowest BCUT2D eigenvalue weighted by molar-refractivity contribution is -0.117. The number of nitrogen functional groups attached to an aromatic ring is 1. The predicted molar refractivity (Wildman–Crippen MR) is 85.7 cm³/mol. The zero-order chi connectivity index (χ0) is 15.5. The Balaban J connectivity index is 1.61. The van der Waals surface area contributed by atoms with E-state index < -0.39 is 0 Å². The standard InChI is InChI=1S/C17H17N3O2/c18-14-7-5-13(6-8-14)17(22)19-11-16(21)20-10-9-12-3-1-2-4-15(12)20/h1-8H,9-11,18H2,(H,19,22). The van der Waals surface area contributed by atoms with Crippen LogP contribution >= 0.6 is 0 Å². The summed E-state index contributed by atoms with van der Waals surface area (Å²) in [6, 6.07) is 14.4. The van der Waals surface area contributed by atoms with Crippen molar-refractivity contribution in [3.05, 3.63) is 59.7 Å². The minimum absolute atomic E-state index is 0.0163. The first-order valence-corrected chi connectivity index (χ1v) is 7.17. The third kappa shape index (κ3) is 2.79. The third-order valence-electron chi connectivity index (χ3n) is 3.76. The lowest BCUT2D eigenvalue weighted by Crippen LogP contribution is -2.39. The Kier molecular flexibility index (Phi) is 3.78. The fraction of sp³-hybridized carbons (Fsp3) is 0.176. The minimum Gasteiger partial charge on any atom is -0.399 e. The average molecular weight is 295 g/mol. The molecule has 1 aliphatic heterocycles. The van der Waals surface area contributed by atoms with Gasteiger partial charge in [-0.05, 0) is 42.3 Å². The molecule has 0 bridgehead atoms. The molecule has 1 aliphatic rings. The highest BCUT2D eigenvalue weighted by atomic mass is 16.2. The van der Waals surface area contributed by atoms with Crippen LogP contribution in [0.5, 0.6) is 0 Å². The van der Waals surface area contributed by atoms with Crippen molar-refractivity contribution in [1.82, 2.24) is 5.32 Å². The van der Waals surface area contributed by atoms with Gasteiger partial charge in [-0.25, -0.2) is 0 Å². The number of fused-ring (bicyclic) bond motifs is 1. The molecular weight excluding hydrogens is 278 g/mol. The second kappa shape index (κ2) is 5.89. The quantitative estimate of drug-likeness (QED) is 0.844. The van der Waals surface area contributed by atoms with E-state index in [1.165, 1.54) is 5.56 Å². The van der Waals surface area contributed by atoms with Crippen LogP contribution in [0, 0.1) is 0 Å². The Morgan fingerprint density at radius 3 is 2.59 bits per heavy atom. The predicted octanol–water partition coefficient (Wildman–Crippen LogP) is 1.59. The van der Waals surface area contributed by atoms with Crippen LogP contribution in [0.1, 0.15) is 15.9 Å². The van der Waals surface area contributed by atoms with E-state index >= 15 is 0 Å². The van der Waals surface area contributed by atoms with Crippen molar-refractivity contribution in [2.45, 2.75) is 6.42 Å². The molecule has 3 N–H and O–H groups in total. The maximum absolute atomic E-state index is 12.3. The summed E-state index contributed by atoms with van der Waals surface area (Å²) < 4.78 is 0. The van der Waals surface area contributed by atoms with Crippen molar-refractivity contribution in [3.8, 4) is 0 Å². The van der Waals surface area contributed by atoms with Gasteiger partial charge in [-0.15, -0.1) is 0 Å². The molecule has 2 aromatic rings. The van der Waals surface area contributed by atoms with Crippen molar-refractivity contribution in [1.29, 1.82) is 0 Å². The molecule has 0 radical (unpaired) electrons. The van der Waals surface area contributed by atoms with E-state index in [-0.39, 0.29) is 18.4 Å². The van der Waals surface area contributed by atoms with Crippen molar-refractivity contribution in [2.24, 2.45) is 0 Å². The average Bonchev–Trinajstić information content (AvgIpc) is 2.97. The van der Waals surface area contributed by atoms with Gasteiger partial charge in [0.05, 0.1) is 6.54 Å². The number of rotatable bonds is 3. The molecule has 0 saturated heterocycles. The number of amides is 2. The second-order valence-corrected chi connectivity index (χ2v) is 5.23. The summed E-state index contributed by atoms with van der Waals surface area (Å²) in [5, 5.41) is 2.65. The lowest BCUT2D eigenvalue weighted by atomic mass is 10.2. The van der Waals surface area contributed by atoms with Crippen molar-refractivity contribution < 1.29 is 9.59 Å². The fourth-order valence-corrected chi connectivity index (χ4v) is 2.59. The summed E-state index contributed by atoms with van der Waals surface area (Å²) in [5.74, 6) is -0.380. The Morgan fingerprint density at radius 1 is 1.09 bits per heavy atom. The molecule has 0 aliphatic carbocycles. The molecule has 1 heterocycles. The molecule has 0 spiro atoms. The van der Waals surface area contributed by atoms with E-state index in [4.69, 9.17) is 5.73 Å². The molecule has 5 nitrogen and oxygen atoms in total. The zero-order valence-electron chi connectivity index (χ0n) is 12.1. The molecule has 0 saturated carbocycles. The number of benzene rings is 2. The maximum Gasteiger partial charge on any atom is 0.251 e. The largest absolute Gasteiger partial charge is 0.399 e. The van der Waals surface area contributed by atoms with Gasteiger partial charge < -0.3 is 16.0 Å². The van der Waals surface area contributed by atoms with Crippen LogP contribution < -0.4 is 16.0 Å². The van der Waals surface area contributed by atoms with Crippen LogP contribution in [-0.4, -0.2) is 24.9 Å². The molecule has 0 unspecified atom stereocenters. The molecule has 0 atom stereocenters. The van der Waals surface area contributed by atoms with Crippen LogP contribution in [0.3, 0.4) is 0 Å². The number of carbonyl (C=O) groups excluding carboxylic acids is 2. The number of hydrogen-bond acceptors (Lipinski definition) is 3. The first-order chi connectivity index (χ1) is 10.6. The van der Waals surface area contributed by atoms with Gasteiger partial charge in [0.25, 0.3) is 5.91 Å². The van der Waals surface area contributed by atoms with Gasteiger partial charge in [0.15, 0.2) is 0 Å². The number of nitrogens with one attached hydrogen (secondary N) is 1. The summed E-state index contributed by atoms with van der Waals surface area (Å²) >= 11 is 0. The summed E-state index contributed by atoms with van der Waals surface area (Å²) in [7, 11) is 0. The molecule has 0 aromatic heterocycles. The fourth-order valence-electron chi connectivity index (χ4n) is 2.59. The Hall–Kier alpha value is -2.82. The minimum atomic E-state index is -0.277. The summed E-state index contributed by atoms with van der Waals surface area (Å²) in [6.45, 7) is 0.646. The highest BCUT2D eigenvalue weighted by molar-refractivity contribution is 6.01. The van der Waals surface area contributed by atoms with E-state index in [1.54, 1.807) is 29.2 Å². The van der Waals surface area contributed by atoms with Crippen molar-refractivity contribution in [2.75, 3.05) is 23.7 Å². The zero-order valence-corrected chi connectivity index (χ0v) is 12.1. The van der Waals surface area contributed by atoms with Gasteiger partial charge in [0, 0.05) is 23.5 Å². The van der Waals surface area contributed by atoms with Gasteiger partial charge in [-0.3, -0.25) is 9.59 Å². The molecule has 22 heavy (non-hydrogen) atoms.